The Bertz CT molecular complexity index is 1100. The average Bonchev–Trinajstić information content (AvgIpc) is 2.66. The molecule has 5 nitrogen and oxygen atoms in total. The number of hydrogen-bond acceptors (Lipinski definition) is 4. The van der Waals surface area contributed by atoms with Gasteiger partial charge in [0.15, 0.2) is 0 Å². The van der Waals surface area contributed by atoms with Crippen LogP contribution in [0.15, 0.2) is 59.6 Å². The van der Waals surface area contributed by atoms with Crippen LogP contribution in [-0.2, 0) is 22.7 Å². The molecule has 1 heterocycles. The first kappa shape index (κ1) is 20.1. The first-order chi connectivity index (χ1) is 13.2. The van der Waals surface area contributed by atoms with Gasteiger partial charge in [0.2, 0.25) is 10.0 Å². The van der Waals surface area contributed by atoms with E-state index < -0.39 is 21.8 Å². The smallest absolute Gasteiger partial charge is 0.416 e. The zero-order chi connectivity index (χ0) is 20.4. The molecule has 3 rings (SSSR count). The SMILES string of the molecule is CCOc1ccc(S(=O)(=O)NCc2cccc(C(F)(F)F)c2)c2cccnc12. The third-order valence-electron chi connectivity index (χ3n) is 4.00. The minimum absolute atomic E-state index is 0.0222. The van der Waals surface area contributed by atoms with Gasteiger partial charge in [-0.25, -0.2) is 13.1 Å². The van der Waals surface area contributed by atoms with Gasteiger partial charge in [0.25, 0.3) is 0 Å². The Kier molecular flexibility index (Phi) is 5.57. The molecule has 0 aliphatic carbocycles. The number of sulfonamides is 1. The van der Waals surface area contributed by atoms with Crippen molar-refractivity contribution in [2.24, 2.45) is 0 Å². The molecule has 0 saturated heterocycles. The van der Waals surface area contributed by atoms with Gasteiger partial charge in [-0.3, -0.25) is 4.98 Å². The highest BCUT2D eigenvalue weighted by atomic mass is 32.2. The number of benzene rings is 2. The summed E-state index contributed by atoms with van der Waals surface area (Å²) in [6.07, 6.45) is -2.97. The number of rotatable bonds is 6. The van der Waals surface area contributed by atoms with E-state index >= 15 is 0 Å². The summed E-state index contributed by atoms with van der Waals surface area (Å²) in [6, 6.07) is 10.6. The molecule has 9 heteroatoms. The summed E-state index contributed by atoms with van der Waals surface area (Å²) in [7, 11) is -3.99. The lowest BCUT2D eigenvalue weighted by Crippen LogP contribution is -2.23. The van der Waals surface area contributed by atoms with Gasteiger partial charge in [0, 0.05) is 18.1 Å². The van der Waals surface area contributed by atoms with Gasteiger partial charge >= 0.3 is 6.18 Å². The van der Waals surface area contributed by atoms with E-state index in [0.29, 0.717) is 23.3 Å². The van der Waals surface area contributed by atoms with Gasteiger partial charge in [-0.05, 0) is 42.8 Å². The fourth-order valence-corrected chi connectivity index (χ4v) is 3.95. The Hall–Kier alpha value is -2.65. The number of halogens is 3. The monoisotopic (exact) mass is 410 g/mol. The molecular weight excluding hydrogens is 393 g/mol. The molecule has 0 bridgehead atoms. The van der Waals surface area contributed by atoms with Crippen molar-refractivity contribution in [2.45, 2.75) is 24.5 Å². The lowest BCUT2D eigenvalue weighted by atomic mass is 10.1. The van der Waals surface area contributed by atoms with Crippen LogP contribution in [0.3, 0.4) is 0 Å². The molecular formula is C19H17F3N2O3S. The van der Waals surface area contributed by atoms with Crippen LogP contribution in [0.4, 0.5) is 13.2 Å². The highest BCUT2D eigenvalue weighted by molar-refractivity contribution is 7.89. The van der Waals surface area contributed by atoms with Gasteiger partial charge in [-0.1, -0.05) is 18.2 Å². The molecule has 0 fully saturated rings. The first-order valence-corrected chi connectivity index (χ1v) is 9.87. The molecule has 0 atom stereocenters. The number of alkyl halides is 3. The van der Waals surface area contributed by atoms with Crippen LogP contribution >= 0.6 is 0 Å². The van der Waals surface area contributed by atoms with Crippen LogP contribution < -0.4 is 9.46 Å². The Morgan fingerprint density at radius 1 is 1.11 bits per heavy atom. The van der Waals surface area contributed by atoms with Crippen molar-refractivity contribution in [3.63, 3.8) is 0 Å². The summed E-state index contributed by atoms with van der Waals surface area (Å²) in [5.41, 5.74) is -0.238. The normalized spacial score (nSPS) is 12.3. The number of nitrogens with one attached hydrogen (secondary N) is 1. The van der Waals surface area contributed by atoms with E-state index in [-0.39, 0.29) is 17.0 Å². The third kappa shape index (κ3) is 4.26. The molecule has 0 amide bonds. The fraction of sp³-hybridized carbons (Fsp3) is 0.211. The van der Waals surface area contributed by atoms with Crippen molar-refractivity contribution in [1.82, 2.24) is 9.71 Å². The Balaban J connectivity index is 1.91. The van der Waals surface area contributed by atoms with Crippen LogP contribution in [0.5, 0.6) is 5.75 Å². The molecule has 28 heavy (non-hydrogen) atoms. The highest BCUT2D eigenvalue weighted by Gasteiger charge is 2.30. The van der Waals surface area contributed by atoms with E-state index in [2.05, 4.69) is 9.71 Å². The highest BCUT2D eigenvalue weighted by Crippen LogP contribution is 2.31. The second-order valence-electron chi connectivity index (χ2n) is 5.92. The molecule has 1 N–H and O–H groups in total. The summed E-state index contributed by atoms with van der Waals surface area (Å²) >= 11 is 0. The molecule has 1 aromatic heterocycles. The maximum absolute atomic E-state index is 12.8. The molecule has 0 spiro atoms. The average molecular weight is 410 g/mol. The molecule has 0 aliphatic heterocycles. The van der Waals surface area contributed by atoms with Crippen molar-refractivity contribution in [3.8, 4) is 5.75 Å². The van der Waals surface area contributed by atoms with Crippen LogP contribution in [-0.4, -0.2) is 20.0 Å². The molecule has 2 aromatic carbocycles. The Morgan fingerprint density at radius 3 is 2.61 bits per heavy atom. The van der Waals surface area contributed by atoms with Gasteiger partial charge in [-0.15, -0.1) is 0 Å². The van der Waals surface area contributed by atoms with Gasteiger partial charge in [0.05, 0.1) is 17.1 Å². The first-order valence-electron chi connectivity index (χ1n) is 8.38. The summed E-state index contributed by atoms with van der Waals surface area (Å²) in [5.74, 6) is 0.454. The third-order valence-corrected chi connectivity index (χ3v) is 5.46. The summed E-state index contributed by atoms with van der Waals surface area (Å²) < 4.78 is 71.8. The van der Waals surface area contributed by atoms with Gasteiger partial charge in [-0.2, -0.15) is 13.2 Å². The van der Waals surface area contributed by atoms with E-state index in [1.165, 1.54) is 30.5 Å². The number of ether oxygens (including phenoxy) is 1. The van der Waals surface area contributed by atoms with Crippen molar-refractivity contribution in [1.29, 1.82) is 0 Å². The van der Waals surface area contributed by atoms with Crippen LogP contribution in [0.2, 0.25) is 0 Å². The number of hydrogen-bond donors (Lipinski definition) is 1. The molecule has 0 radical (unpaired) electrons. The van der Waals surface area contributed by atoms with Gasteiger partial charge in [0.1, 0.15) is 11.3 Å². The van der Waals surface area contributed by atoms with Crippen LogP contribution in [0.25, 0.3) is 10.9 Å². The van der Waals surface area contributed by atoms with Crippen molar-refractivity contribution in [2.75, 3.05) is 6.61 Å². The standard InChI is InChI=1S/C19H17F3N2O3S/c1-2-27-16-8-9-17(15-7-4-10-23-18(15)16)28(25,26)24-12-13-5-3-6-14(11-13)19(20,21)22/h3-11,24H,2,12H2,1H3. The topological polar surface area (TPSA) is 68.3 Å². The number of fused-ring (bicyclic) bond motifs is 1. The predicted molar refractivity (Wildman–Crippen MR) is 98.4 cm³/mol. The molecule has 3 aromatic rings. The lowest BCUT2D eigenvalue weighted by Gasteiger charge is -2.13. The molecule has 0 aliphatic rings. The van der Waals surface area contributed by atoms with E-state index in [9.17, 15) is 21.6 Å². The number of pyridine rings is 1. The van der Waals surface area contributed by atoms with Crippen molar-refractivity contribution < 1.29 is 26.3 Å². The summed E-state index contributed by atoms with van der Waals surface area (Å²) in [4.78, 5) is 4.17. The van der Waals surface area contributed by atoms with Crippen molar-refractivity contribution in [3.05, 3.63) is 65.9 Å². The molecule has 0 unspecified atom stereocenters. The minimum Gasteiger partial charge on any atom is -0.492 e. The largest absolute Gasteiger partial charge is 0.492 e. The maximum Gasteiger partial charge on any atom is 0.416 e. The zero-order valence-electron chi connectivity index (χ0n) is 14.8. The van der Waals surface area contributed by atoms with Crippen LogP contribution in [0.1, 0.15) is 18.1 Å². The van der Waals surface area contributed by atoms with E-state index in [1.54, 1.807) is 19.1 Å². The van der Waals surface area contributed by atoms with Gasteiger partial charge < -0.3 is 4.74 Å². The van der Waals surface area contributed by atoms with E-state index in [0.717, 1.165) is 12.1 Å². The zero-order valence-corrected chi connectivity index (χ0v) is 15.6. The van der Waals surface area contributed by atoms with Crippen LogP contribution in [0, 0.1) is 0 Å². The Labute approximate surface area is 160 Å². The Morgan fingerprint density at radius 2 is 1.89 bits per heavy atom. The molecule has 0 saturated carbocycles. The minimum atomic E-state index is -4.49. The number of nitrogens with zero attached hydrogens (tertiary/aromatic N) is 1. The second kappa shape index (κ2) is 7.76. The summed E-state index contributed by atoms with van der Waals surface area (Å²) in [5, 5.41) is 0.366. The predicted octanol–water partition coefficient (Wildman–Crippen LogP) is 4.13. The maximum atomic E-state index is 12.8. The molecule has 148 valence electrons. The lowest BCUT2D eigenvalue weighted by molar-refractivity contribution is -0.137. The summed E-state index contributed by atoms with van der Waals surface area (Å²) in [6.45, 7) is 1.92. The second-order valence-corrected chi connectivity index (χ2v) is 7.65. The quantitative estimate of drug-likeness (QED) is 0.664. The van der Waals surface area contributed by atoms with Crippen molar-refractivity contribution >= 4 is 20.9 Å². The van der Waals surface area contributed by atoms with E-state index in [4.69, 9.17) is 4.74 Å². The fourth-order valence-electron chi connectivity index (χ4n) is 2.74. The van der Waals surface area contributed by atoms with E-state index in [1.807, 2.05) is 0 Å². The number of aromatic nitrogens is 1.